The molecule has 1 amide bonds. The van der Waals surface area contributed by atoms with E-state index in [-0.39, 0.29) is 17.4 Å². The van der Waals surface area contributed by atoms with Gasteiger partial charge < -0.3 is 14.8 Å². The Kier molecular flexibility index (Phi) is 5.73. The van der Waals surface area contributed by atoms with E-state index in [2.05, 4.69) is 5.32 Å². The normalized spacial score (nSPS) is 15.9. The molecule has 0 saturated carbocycles. The van der Waals surface area contributed by atoms with E-state index >= 15 is 0 Å². The summed E-state index contributed by atoms with van der Waals surface area (Å²) in [6.45, 7) is 0.682. The minimum absolute atomic E-state index is 0.168. The molecule has 0 radical (unpaired) electrons. The van der Waals surface area contributed by atoms with E-state index < -0.39 is 21.7 Å². The first-order valence-corrected chi connectivity index (χ1v) is 9.10. The van der Waals surface area contributed by atoms with Gasteiger partial charge in [-0.05, 0) is 37.1 Å². The fourth-order valence-corrected chi connectivity index (χ4v) is 2.80. The first-order chi connectivity index (χ1) is 10.9. The second-order valence-electron chi connectivity index (χ2n) is 5.34. The largest absolute Gasteiger partial charge is 0.455 e. The van der Waals surface area contributed by atoms with Gasteiger partial charge in [-0.3, -0.25) is 9.59 Å². The number of anilines is 1. The molecular weight excluding hydrogens is 322 g/mol. The highest BCUT2D eigenvalue weighted by Gasteiger charge is 2.23. The molecule has 23 heavy (non-hydrogen) atoms. The van der Waals surface area contributed by atoms with Crippen LogP contribution < -0.4 is 5.32 Å². The van der Waals surface area contributed by atoms with Crippen LogP contribution in [-0.4, -0.2) is 46.4 Å². The van der Waals surface area contributed by atoms with E-state index in [1.807, 2.05) is 0 Å². The van der Waals surface area contributed by atoms with Crippen LogP contribution in [0.15, 0.2) is 29.2 Å². The lowest BCUT2D eigenvalue weighted by atomic mass is 10.0. The van der Waals surface area contributed by atoms with Gasteiger partial charge in [-0.25, -0.2) is 8.42 Å². The van der Waals surface area contributed by atoms with Crippen molar-refractivity contribution in [2.24, 2.45) is 5.92 Å². The number of carbonyl (C=O) groups excluding carboxylic acids is 2. The zero-order chi connectivity index (χ0) is 16.9. The van der Waals surface area contributed by atoms with Crippen LogP contribution in [0.3, 0.4) is 0 Å². The average molecular weight is 341 g/mol. The van der Waals surface area contributed by atoms with E-state index in [0.29, 0.717) is 31.7 Å². The van der Waals surface area contributed by atoms with Crippen LogP contribution in [0.25, 0.3) is 0 Å². The lowest BCUT2D eigenvalue weighted by Gasteiger charge is -2.20. The van der Waals surface area contributed by atoms with E-state index in [0.717, 1.165) is 6.26 Å². The summed E-state index contributed by atoms with van der Waals surface area (Å²) in [6, 6.07) is 5.77. The quantitative estimate of drug-likeness (QED) is 0.802. The maximum Gasteiger partial charge on any atom is 0.309 e. The Bertz CT molecular complexity index is 662. The molecule has 0 aromatic heterocycles. The molecule has 0 unspecified atom stereocenters. The van der Waals surface area contributed by atoms with Crippen molar-refractivity contribution in [1.82, 2.24) is 0 Å². The molecule has 0 spiro atoms. The van der Waals surface area contributed by atoms with Crippen molar-refractivity contribution in [1.29, 1.82) is 0 Å². The predicted molar refractivity (Wildman–Crippen MR) is 82.7 cm³/mol. The minimum Gasteiger partial charge on any atom is -0.455 e. The average Bonchev–Trinajstić information content (AvgIpc) is 2.53. The summed E-state index contributed by atoms with van der Waals surface area (Å²) in [5, 5.41) is 2.54. The molecule has 1 saturated heterocycles. The second-order valence-corrected chi connectivity index (χ2v) is 7.35. The molecule has 1 aromatic carbocycles. The van der Waals surface area contributed by atoms with Crippen LogP contribution in [0.4, 0.5) is 5.69 Å². The van der Waals surface area contributed by atoms with Crippen LogP contribution >= 0.6 is 0 Å². The van der Waals surface area contributed by atoms with Crippen molar-refractivity contribution in [3.8, 4) is 0 Å². The highest BCUT2D eigenvalue weighted by molar-refractivity contribution is 7.90. The molecule has 1 heterocycles. The van der Waals surface area contributed by atoms with Gasteiger partial charge in [-0.2, -0.15) is 0 Å². The molecular formula is C15H19NO6S. The number of hydrogen-bond acceptors (Lipinski definition) is 6. The van der Waals surface area contributed by atoms with Crippen LogP contribution in [0.2, 0.25) is 0 Å². The Balaban J connectivity index is 1.81. The molecule has 1 aromatic rings. The highest BCUT2D eigenvalue weighted by atomic mass is 32.2. The Hall–Kier alpha value is -1.93. The van der Waals surface area contributed by atoms with Gasteiger partial charge in [0.2, 0.25) is 0 Å². The molecule has 7 nitrogen and oxygen atoms in total. The molecule has 8 heteroatoms. The van der Waals surface area contributed by atoms with Crippen LogP contribution in [-0.2, 0) is 28.9 Å². The van der Waals surface area contributed by atoms with Crippen molar-refractivity contribution in [3.63, 3.8) is 0 Å². The predicted octanol–water partition coefficient (Wildman–Crippen LogP) is 0.998. The number of hydrogen-bond donors (Lipinski definition) is 1. The molecule has 1 fully saturated rings. The number of nitrogens with one attached hydrogen (secondary N) is 1. The van der Waals surface area contributed by atoms with Crippen LogP contribution in [0.5, 0.6) is 0 Å². The minimum atomic E-state index is -3.27. The van der Waals surface area contributed by atoms with Gasteiger partial charge in [-0.15, -0.1) is 0 Å². The standard InChI is InChI=1S/C15H19NO6S/c1-23(19,20)13-4-2-12(3-5-13)16-14(17)10-22-15(18)11-6-8-21-9-7-11/h2-5,11H,6-10H2,1H3,(H,16,17). The number of ether oxygens (including phenoxy) is 2. The fourth-order valence-electron chi connectivity index (χ4n) is 2.17. The van der Waals surface area contributed by atoms with Gasteiger partial charge in [0.1, 0.15) is 0 Å². The zero-order valence-electron chi connectivity index (χ0n) is 12.8. The van der Waals surface area contributed by atoms with Crippen molar-refractivity contribution in [3.05, 3.63) is 24.3 Å². The fraction of sp³-hybridized carbons (Fsp3) is 0.467. The van der Waals surface area contributed by atoms with E-state index in [4.69, 9.17) is 9.47 Å². The number of carbonyl (C=O) groups is 2. The molecule has 0 atom stereocenters. The zero-order valence-corrected chi connectivity index (χ0v) is 13.6. The molecule has 126 valence electrons. The lowest BCUT2D eigenvalue weighted by molar-refractivity contribution is -0.154. The number of benzene rings is 1. The van der Waals surface area contributed by atoms with E-state index in [9.17, 15) is 18.0 Å². The smallest absolute Gasteiger partial charge is 0.309 e. The van der Waals surface area contributed by atoms with E-state index in [1.54, 1.807) is 0 Å². The first kappa shape index (κ1) is 17.4. The van der Waals surface area contributed by atoms with Gasteiger partial charge in [0.25, 0.3) is 5.91 Å². The van der Waals surface area contributed by atoms with Crippen molar-refractivity contribution in [2.75, 3.05) is 31.4 Å². The maximum atomic E-state index is 11.8. The SMILES string of the molecule is CS(=O)(=O)c1ccc(NC(=O)COC(=O)C2CCOCC2)cc1. The summed E-state index contributed by atoms with van der Waals surface area (Å²) >= 11 is 0. The lowest BCUT2D eigenvalue weighted by Crippen LogP contribution is -2.28. The summed E-state index contributed by atoms with van der Waals surface area (Å²) < 4.78 is 32.8. The molecule has 1 aliphatic rings. The summed E-state index contributed by atoms with van der Waals surface area (Å²) in [6.07, 6.45) is 2.32. The van der Waals surface area contributed by atoms with Gasteiger partial charge in [0, 0.05) is 25.2 Å². The molecule has 2 rings (SSSR count). The Morgan fingerprint density at radius 1 is 1.22 bits per heavy atom. The van der Waals surface area contributed by atoms with Gasteiger partial charge >= 0.3 is 5.97 Å². The number of rotatable bonds is 5. The highest BCUT2D eigenvalue weighted by Crippen LogP contribution is 2.16. The Morgan fingerprint density at radius 3 is 2.39 bits per heavy atom. The second kappa shape index (κ2) is 7.56. The molecule has 0 bridgehead atoms. The summed E-state index contributed by atoms with van der Waals surface area (Å²) in [4.78, 5) is 23.7. The Labute approximate surface area is 134 Å². The number of sulfone groups is 1. The first-order valence-electron chi connectivity index (χ1n) is 7.20. The monoisotopic (exact) mass is 341 g/mol. The Morgan fingerprint density at radius 2 is 1.83 bits per heavy atom. The van der Waals surface area contributed by atoms with Crippen molar-refractivity contribution in [2.45, 2.75) is 17.7 Å². The van der Waals surface area contributed by atoms with E-state index in [1.165, 1.54) is 24.3 Å². The third-order valence-electron chi connectivity index (χ3n) is 3.47. The third kappa shape index (κ3) is 5.33. The van der Waals surface area contributed by atoms with Crippen molar-refractivity contribution < 1.29 is 27.5 Å². The van der Waals surface area contributed by atoms with Gasteiger partial charge in [0.15, 0.2) is 16.4 Å². The molecule has 1 aliphatic heterocycles. The third-order valence-corrected chi connectivity index (χ3v) is 4.59. The summed E-state index contributed by atoms with van der Waals surface area (Å²) in [7, 11) is -3.27. The van der Waals surface area contributed by atoms with Gasteiger partial charge in [0.05, 0.1) is 10.8 Å². The molecule has 1 N–H and O–H groups in total. The van der Waals surface area contributed by atoms with Gasteiger partial charge in [-0.1, -0.05) is 0 Å². The number of esters is 1. The number of amides is 1. The topological polar surface area (TPSA) is 98.8 Å². The molecule has 0 aliphatic carbocycles. The van der Waals surface area contributed by atoms with Crippen molar-refractivity contribution >= 4 is 27.4 Å². The summed E-state index contributed by atoms with van der Waals surface area (Å²) in [5.41, 5.74) is 0.435. The van der Waals surface area contributed by atoms with Crippen LogP contribution in [0, 0.1) is 5.92 Å². The summed E-state index contributed by atoms with van der Waals surface area (Å²) in [5.74, 6) is -1.08. The maximum absolute atomic E-state index is 11.8. The van der Waals surface area contributed by atoms with Crippen LogP contribution in [0.1, 0.15) is 12.8 Å².